The van der Waals surface area contributed by atoms with Crippen molar-refractivity contribution in [1.82, 2.24) is 4.31 Å². The molecule has 0 unspecified atom stereocenters. The van der Waals surface area contributed by atoms with E-state index < -0.39 is 10.0 Å². The number of sulfonamides is 1. The van der Waals surface area contributed by atoms with Gasteiger partial charge in [0.25, 0.3) is 0 Å². The van der Waals surface area contributed by atoms with Crippen molar-refractivity contribution in [3.05, 3.63) is 57.0 Å². The fourth-order valence-corrected chi connectivity index (χ4v) is 4.70. The van der Waals surface area contributed by atoms with E-state index in [2.05, 4.69) is 31.9 Å². The molecule has 124 valence electrons. The number of hydrogen-bond donors (Lipinski definition) is 0. The van der Waals surface area contributed by atoms with E-state index in [0.717, 1.165) is 15.7 Å². The first kappa shape index (κ1) is 18.4. The van der Waals surface area contributed by atoms with Crippen molar-refractivity contribution in [1.29, 1.82) is 0 Å². The van der Waals surface area contributed by atoms with Crippen LogP contribution in [0.3, 0.4) is 0 Å². The van der Waals surface area contributed by atoms with Gasteiger partial charge in [0.05, 0.1) is 4.90 Å². The van der Waals surface area contributed by atoms with E-state index in [9.17, 15) is 8.42 Å². The Labute approximate surface area is 154 Å². The molecule has 0 aromatic heterocycles. The summed E-state index contributed by atoms with van der Waals surface area (Å²) in [5.41, 5.74) is 2.02. The molecule has 0 heterocycles. The van der Waals surface area contributed by atoms with Crippen LogP contribution < -0.4 is 4.90 Å². The molecule has 0 atom stereocenters. The molecular weight excluding hydrogens is 444 g/mol. The van der Waals surface area contributed by atoms with Gasteiger partial charge in [-0.3, -0.25) is 0 Å². The summed E-state index contributed by atoms with van der Waals surface area (Å²) in [5, 5.41) is 0. The van der Waals surface area contributed by atoms with E-state index in [1.807, 2.05) is 43.3 Å². The predicted molar refractivity (Wildman–Crippen MR) is 101 cm³/mol. The molecule has 0 N–H and O–H groups in total. The first-order chi connectivity index (χ1) is 10.7. The zero-order valence-electron chi connectivity index (χ0n) is 13.1. The molecule has 0 aliphatic rings. The van der Waals surface area contributed by atoms with Crippen LogP contribution >= 0.6 is 31.9 Å². The molecule has 2 aromatic carbocycles. The zero-order chi connectivity index (χ0) is 17.2. The Bertz CT molecular complexity index is 790. The lowest BCUT2D eigenvalue weighted by Crippen LogP contribution is -2.26. The highest BCUT2D eigenvalue weighted by atomic mass is 79.9. The summed E-state index contributed by atoms with van der Waals surface area (Å²) in [7, 11) is 1.95. The third kappa shape index (κ3) is 4.35. The van der Waals surface area contributed by atoms with Gasteiger partial charge in [0.1, 0.15) is 0 Å². The van der Waals surface area contributed by atoms with Gasteiger partial charge in [0.2, 0.25) is 10.0 Å². The number of benzene rings is 2. The number of halogens is 2. The summed E-state index contributed by atoms with van der Waals surface area (Å²) < 4.78 is 28.1. The van der Waals surface area contributed by atoms with Gasteiger partial charge >= 0.3 is 0 Å². The maximum atomic E-state index is 12.8. The molecule has 2 aromatic rings. The number of hydrogen-bond acceptors (Lipinski definition) is 3. The van der Waals surface area contributed by atoms with Crippen LogP contribution in [0.4, 0.5) is 5.69 Å². The summed E-state index contributed by atoms with van der Waals surface area (Å²) in [6.45, 7) is 0.314. The molecule has 0 aliphatic heterocycles. The minimum atomic E-state index is -3.57. The Morgan fingerprint density at radius 3 is 2.13 bits per heavy atom. The molecule has 4 nitrogen and oxygen atoms in total. The second-order valence-electron chi connectivity index (χ2n) is 5.40. The lowest BCUT2D eigenvalue weighted by Gasteiger charge is -2.19. The van der Waals surface area contributed by atoms with Crippen molar-refractivity contribution in [3.8, 4) is 0 Å². The molecule has 0 saturated carbocycles. The van der Waals surface area contributed by atoms with Crippen LogP contribution in [0.15, 0.2) is 56.3 Å². The van der Waals surface area contributed by atoms with Gasteiger partial charge in [-0.1, -0.05) is 28.1 Å². The van der Waals surface area contributed by atoms with Crippen molar-refractivity contribution in [2.24, 2.45) is 0 Å². The van der Waals surface area contributed by atoms with Gasteiger partial charge in [0.15, 0.2) is 0 Å². The van der Waals surface area contributed by atoms with Crippen molar-refractivity contribution in [2.45, 2.75) is 11.4 Å². The van der Waals surface area contributed by atoms with Gasteiger partial charge in [-0.05, 0) is 51.8 Å². The van der Waals surface area contributed by atoms with E-state index in [1.165, 1.54) is 4.31 Å². The van der Waals surface area contributed by atoms with Crippen molar-refractivity contribution in [2.75, 3.05) is 26.0 Å². The Morgan fingerprint density at radius 1 is 0.957 bits per heavy atom. The molecule has 0 radical (unpaired) electrons. The number of nitrogens with zero attached hydrogens (tertiary/aromatic N) is 2. The summed E-state index contributed by atoms with van der Waals surface area (Å²) in [5.74, 6) is 0. The maximum absolute atomic E-state index is 12.8. The van der Waals surface area contributed by atoms with Crippen LogP contribution in [-0.2, 0) is 16.6 Å². The molecule has 23 heavy (non-hydrogen) atoms. The molecule has 0 saturated heterocycles. The normalized spacial score (nSPS) is 11.7. The lowest BCUT2D eigenvalue weighted by molar-refractivity contribution is 0.466. The molecule has 7 heteroatoms. The van der Waals surface area contributed by atoms with Crippen LogP contribution in [0.1, 0.15) is 5.56 Å². The Kier molecular flexibility index (Phi) is 5.89. The third-order valence-electron chi connectivity index (χ3n) is 3.44. The monoisotopic (exact) mass is 460 g/mol. The lowest BCUT2D eigenvalue weighted by atomic mass is 10.2. The van der Waals surface area contributed by atoms with E-state index in [1.54, 1.807) is 25.2 Å². The van der Waals surface area contributed by atoms with Gasteiger partial charge in [-0.25, -0.2) is 8.42 Å². The van der Waals surface area contributed by atoms with Crippen molar-refractivity contribution >= 4 is 47.6 Å². The minimum absolute atomic E-state index is 0.249. The average Bonchev–Trinajstić information content (AvgIpc) is 2.50. The summed E-state index contributed by atoms with van der Waals surface area (Å²) in [6, 6.07) is 13.0. The second-order valence-corrected chi connectivity index (χ2v) is 9.18. The molecule has 0 bridgehead atoms. The Balaban J connectivity index is 2.25. The largest absolute Gasteiger partial charge is 0.378 e. The predicted octanol–water partition coefficient (Wildman–Crippen LogP) is 4.10. The molecule has 0 spiro atoms. The fourth-order valence-electron chi connectivity index (χ4n) is 2.08. The summed E-state index contributed by atoms with van der Waals surface area (Å²) >= 11 is 6.63. The SMILES string of the molecule is CN(C)c1ccc(CN(C)S(=O)(=O)c2cc(Br)ccc2Br)cc1. The van der Waals surface area contributed by atoms with Crippen LogP contribution in [0.25, 0.3) is 0 Å². The summed E-state index contributed by atoms with van der Waals surface area (Å²) in [6.07, 6.45) is 0. The molecule has 2 rings (SSSR count). The molecular formula is C16H18Br2N2O2S. The first-order valence-corrected chi connectivity index (χ1v) is 9.92. The smallest absolute Gasteiger partial charge is 0.244 e. The van der Waals surface area contributed by atoms with Gasteiger partial charge in [-0.15, -0.1) is 0 Å². The summed E-state index contributed by atoms with van der Waals surface area (Å²) in [4.78, 5) is 2.25. The van der Waals surface area contributed by atoms with Crippen LogP contribution in [-0.4, -0.2) is 33.9 Å². The van der Waals surface area contributed by atoms with Crippen LogP contribution in [0.2, 0.25) is 0 Å². The highest BCUT2D eigenvalue weighted by Gasteiger charge is 2.23. The molecule has 0 aliphatic carbocycles. The zero-order valence-corrected chi connectivity index (χ0v) is 17.1. The average molecular weight is 462 g/mol. The number of rotatable bonds is 5. The standard InChI is InChI=1S/C16H18Br2N2O2S/c1-19(2)14-7-4-12(5-8-14)11-20(3)23(21,22)16-10-13(17)6-9-15(16)18/h4-10H,11H2,1-3H3. The van der Waals surface area contributed by atoms with E-state index in [0.29, 0.717) is 11.0 Å². The Hall–Kier alpha value is -0.890. The highest BCUT2D eigenvalue weighted by molar-refractivity contribution is 9.11. The van der Waals surface area contributed by atoms with Gasteiger partial charge in [0, 0.05) is 42.3 Å². The van der Waals surface area contributed by atoms with Crippen LogP contribution in [0, 0.1) is 0 Å². The second kappa shape index (κ2) is 7.34. The molecule has 0 fully saturated rings. The fraction of sp³-hybridized carbons (Fsp3) is 0.250. The topological polar surface area (TPSA) is 40.6 Å². The maximum Gasteiger partial charge on any atom is 0.244 e. The van der Waals surface area contributed by atoms with Gasteiger partial charge < -0.3 is 4.90 Å². The van der Waals surface area contributed by atoms with E-state index in [4.69, 9.17) is 0 Å². The van der Waals surface area contributed by atoms with Crippen molar-refractivity contribution in [3.63, 3.8) is 0 Å². The first-order valence-electron chi connectivity index (χ1n) is 6.89. The van der Waals surface area contributed by atoms with Gasteiger partial charge in [-0.2, -0.15) is 4.31 Å². The minimum Gasteiger partial charge on any atom is -0.378 e. The third-order valence-corrected chi connectivity index (χ3v) is 6.73. The Morgan fingerprint density at radius 2 is 1.57 bits per heavy atom. The highest BCUT2D eigenvalue weighted by Crippen LogP contribution is 2.28. The quantitative estimate of drug-likeness (QED) is 0.672. The van der Waals surface area contributed by atoms with E-state index in [-0.39, 0.29) is 4.90 Å². The van der Waals surface area contributed by atoms with Crippen LogP contribution in [0.5, 0.6) is 0 Å². The van der Waals surface area contributed by atoms with Crippen molar-refractivity contribution < 1.29 is 8.42 Å². The van der Waals surface area contributed by atoms with E-state index >= 15 is 0 Å². The number of anilines is 1. The molecule has 0 amide bonds.